The van der Waals surface area contributed by atoms with Gasteiger partial charge in [-0.25, -0.2) is 0 Å². The van der Waals surface area contributed by atoms with Crippen LogP contribution in [0.1, 0.15) is 115 Å². The van der Waals surface area contributed by atoms with Crippen molar-refractivity contribution in [2.24, 2.45) is 29.4 Å². The van der Waals surface area contributed by atoms with Crippen molar-refractivity contribution in [1.82, 2.24) is 5.32 Å². The largest absolute Gasteiger partial charge is 0.426 e. The minimum atomic E-state index is -0.0173. The number of benzene rings is 1. The summed E-state index contributed by atoms with van der Waals surface area (Å²) < 4.78 is 5.83. The number of carbonyl (C=O) groups is 1. The number of hydrogen-bond donors (Lipinski definition) is 2. The summed E-state index contributed by atoms with van der Waals surface area (Å²) in [6.45, 7) is 5.57. The van der Waals surface area contributed by atoms with Crippen LogP contribution in [0.4, 0.5) is 0 Å². The van der Waals surface area contributed by atoms with Crippen LogP contribution in [0, 0.1) is 23.7 Å². The molecular formula is C31H50N2O2. The van der Waals surface area contributed by atoms with Gasteiger partial charge in [-0.15, -0.1) is 0 Å². The first-order valence-electron chi connectivity index (χ1n) is 14.9. The molecule has 4 nitrogen and oxygen atoms in total. The standard InChI is InChI=1S/C31H50N2O2/c1-3-21-33-28-17-13-24(14-18-28)25-15-19-29(20-16-25)35-31(34)27-11-7-23(8-12-27)22-5-9-26(10-6-22)30(32)4-2/h15-16,19-20,22-24,26-28,30,33H,3-14,17-18,21,32H2,1-2H3. The lowest BCUT2D eigenvalue weighted by atomic mass is 9.68. The molecule has 3 N–H and O–H groups in total. The Bertz CT molecular complexity index is 755. The van der Waals surface area contributed by atoms with Gasteiger partial charge in [0.2, 0.25) is 0 Å². The predicted molar refractivity (Wildman–Crippen MR) is 145 cm³/mol. The van der Waals surface area contributed by atoms with E-state index in [0.717, 1.165) is 43.6 Å². The second kappa shape index (κ2) is 13.2. The lowest BCUT2D eigenvalue weighted by molar-refractivity contribution is -0.140. The van der Waals surface area contributed by atoms with E-state index in [1.165, 1.54) is 76.2 Å². The number of ether oxygens (including phenoxy) is 1. The molecule has 0 spiro atoms. The molecule has 0 saturated heterocycles. The number of hydrogen-bond acceptors (Lipinski definition) is 4. The molecule has 0 heterocycles. The molecule has 1 aromatic carbocycles. The number of carbonyl (C=O) groups excluding carboxylic acids is 1. The molecule has 1 unspecified atom stereocenters. The van der Waals surface area contributed by atoms with Crippen LogP contribution in [0.15, 0.2) is 24.3 Å². The van der Waals surface area contributed by atoms with Gasteiger partial charge in [-0.05, 0) is 138 Å². The van der Waals surface area contributed by atoms with Gasteiger partial charge in [0.05, 0.1) is 5.92 Å². The van der Waals surface area contributed by atoms with Gasteiger partial charge < -0.3 is 15.8 Å². The van der Waals surface area contributed by atoms with Crippen molar-refractivity contribution in [2.75, 3.05) is 6.54 Å². The maximum atomic E-state index is 12.9. The molecular weight excluding hydrogens is 432 g/mol. The van der Waals surface area contributed by atoms with Crippen molar-refractivity contribution in [3.05, 3.63) is 29.8 Å². The van der Waals surface area contributed by atoms with E-state index in [9.17, 15) is 4.79 Å². The van der Waals surface area contributed by atoms with Crippen molar-refractivity contribution >= 4 is 5.97 Å². The monoisotopic (exact) mass is 482 g/mol. The highest BCUT2D eigenvalue weighted by Gasteiger charge is 2.34. The van der Waals surface area contributed by atoms with Crippen LogP contribution in [-0.4, -0.2) is 24.6 Å². The second-order valence-corrected chi connectivity index (χ2v) is 11.9. The van der Waals surface area contributed by atoms with Gasteiger partial charge in [0, 0.05) is 12.1 Å². The zero-order valence-electron chi connectivity index (χ0n) is 22.4. The summed E-state index contributed by atoms with van der Waals surface area (Å²) in [5.74, 6) is 3.78. The molecule has 35 heavy (non-hydrogen) atoms. The van der Waals surface area contributed by atoms with Gasteiger partial charge in [0.1, 0.15) is 5.75 Å². The van der Waals surface area contributed by atoms with Crippen molar-refractivity contribution in [3.63, 3.8) is 0 Å². The van der Waals surface area contributed by atoms with Crippen molar-refractivity contribution in [1.29, 1.82) is 0 Å². The summed E-state index contributed by atoms with van der Waals surface area (Å²) in [5, 5.41) is 3.67. The first-order chi connectivity index (χ1) is 17.1. The topological polar surface area (TPSA) is 64.3 Å². The summed E-state index contributed by atoms with van der Waals surface area (Å²) in [4.78, 5) is 12.9. The zero-order valence-corrected chi connectivity index (χ0v) is 22.4. The molecule has 0 radical (unpaired) electrons. The highest BCUT2D eigenvalue weighted by molar-refractivity contribution is 5.75. The molecule has 4 rings (SSSR count). The van der Waals surface area contributed by atoms with Crippen molar-refractivity contribution < 1.29 is 9.53 Å². The van der Waals surface area contributed by atoms with Crippen LogP contribution in [0.5, 0.6) is 5.75 Å². The van der Waals surface area contributed by atoms with E-state index in [4.69, 9.17) is 10.5 Å². The van der Waals surface area contributed by atoms with Gasteiger partial charge in [-0.2, -0.15) is 0 Å². The van der Waals surface area contributed by atoms with E-state index in [-0.39, 0.29) is 11.9 Å². The maximum Gasteiger partial charge on any atom is 0.314 e. The van der Waals surface area contributed by atoms with Gasteiger partial charge in [-0.1, -0.05) is 26.0 Å². The highest BCUT2D eigenvalue weighted by atomic mass is 16.5. The molecule has 4 heteroatoms. The third kappa shape index (κ3) is 7.32. The Morgan fingerprint density at radius 3 is 2.06 bits per heavy atom. The molecule has 1 atom stereocenters. The first kappa shape index (κ1) is 26.7. The smallest absolute Gasteiger partial charge is 0.314 e. The summed E-state index contributed by atoms with van der Waals surface area (Å²) in [7, 11) is 0. The Hall–Kier alpha value is -1.39. The van der Waals surface area contributed by atoms with Gasteiger partial charge >= 0.3 is 5.97 Å². The molecule has 0 aromatic heterocycles. The Balaban J connectivity index is 1.18. The van der Waals surface area contributed by atoms with E-state index in [2.05, 4.69) is 31.3 Å². The minimum absolute atomic E-state index is 0.0173. The summed E-state index contributed by atoms with van der Waals surface area (Å²) in [6.07, 6.45) is 16.9. The van der Waals surface area contributed by atoms with E-state index in [1.54, 1.807) is 0 Å². The van der Waals surface area contributed by atoms with Crippen LogP contribution in [-0.2, 0) is 4.79 Å². The van der Waals surface area contributed by atoms with E-state index in [1.807, 2.05) is 12.1 Å². The van der Waals surface area contributed by atoms with Crippen molar-refractivity contribution in [3.8, 4) is 5.75 Å². The Kier molecular flexibility index (Phi) is 10.1. The predicted octanol–water partition coefficient (Wildman–Crippen LogP) is 6.97. The Morgan fingerprint density at radius 2 is 1.49 bits per heavy atom. The normalized spacial score (nSPS) is 32.7. The summed E-state index contributed by atoms with van der Waals surface area (Å²) in [6, 6.07) is 9.48. The fourth-order valence-corrected chi connectivity index (χ4v) is 7.19. The fourth-order valence-electron chi connectivity index (χ4n) is 7.19. The van der Waals surface area contributed by atoms with Crippen LogP contribution >= 0.6 is 0 Å². The second-order valence-electron chi connectivity index (χ2n) is 11.9. The average Bonchev–Trinajstić information content (AvgIpc) is 2.92. The first-order valence-corrected chi connectivity index (χ1v) is 14.9. The zero-order chi connectivity index (χ0) is 24.6. The number of esters is 1. The molecule has 3 saturated carbocycles. The molecule has 1 aromatic rings. The minimum Gasteiger partial charge on any atom is -0.426 e. The van der Waals surface area contributed by atoms with E-state index < -0.39 is 0 Å². The lowest BCUT2D eigenvalue weighted by Gasteiger charge is -2.38. The van der Waals surface area contributed by atoms with Crippen LogP contribution < -0.4 is 15.8 Å². The molecule has 3 fully saturated rings. The SMILES string of the molecule is CCCNC1CCC(c2ccc(OC(=O)C3CCC(C4CCC(C(N)CC)CC4)CC3)cc2)CC1. The lowest BCUT2D eigenvalue weighted by Crippen LogP contribution is -2.35. The number of rotatable bonds is 9. The highest BCUT2D eigenvalue weighted by Crippen LogP contribution is 2.42. The molecule has 3 aliphatic carbocycles. The number of nitrogens with two attached hydrogens (primary N) is 1. The van der Waals surface area contributed by atoms with Crippen molar-refractivity contribution in [2.45, 2.75) is 122 Å². The van der Waals surface area contributed by atoms with E-state index in [0.29, 0.717) is 23.8 Å². The molecule has 3 aliphatic rings. The molecule has 0 bridgehead atoms. The summed E-state index contributed by atoms with van der Waals surface area (Å²) in [5.41, 5.74) is 7.70. The average molecular weight is 483 g/mol. The third-order valence-electron chi connectivity index (χ3n) is 9.65. The van der Waals surface area contributed by atoms with Gasteiger partial charge in [0.15, 0.2) is 0 Å². The molecule has 0 aliphatic heterocycles. The van der Waals surface area contributed by atoms with Crippen LogP contribution in [0.25, 0.3) is 0 Å². The van der Waals surface area contributed by atoms with Gasteiger partial charge in [-0.3, -0.25) is 4.79 Å². The maximum absolute atomic E-state index is 12.9. The van der Waals surface area contributed by atoms with E-state index >= 15 is 0 Å². The fraction of sp³-hybridized carbons (Fsp3) is 0.774. The van der Waals surface area contributed by atoms with Crippen LogP contribution in [0.2, 0.25) is 0 Å². The Labute approximate surface area is 214 Å². The molecule has 0 amide bonds. The quantitative estimate of drug-likeness (QED) is 0.295. The number of nitrogens with one attached hydrogen (secondary N) is 1. The van der Waals surface area contributed by atoms with Gasteiger partial charge in [0.25, 0.3) is 0 Å². The molecule has 196 valence electrons. The summed E-state index contributed by atoms with van der Waals surface area (Å²) >= 11 is 0. The Morgan fingerprint density at radius 1 is 0.886 bits per heavy atom. The third-order valence-corrected chi connectivity index (χ3v) is 9.65. The van der Waals surface area contributed by atoms with Crippen LogP contribution in [0.3, 0.4) is 0 Å².